The highest BCUT2D eigenvalue weighted by molar-refractivity contribution is 6.13. The number of allylic oxidation sites excluding steroid dienone is 2. The van der Waals surface area contributed by atoms with Crippen molar-refractivity contribution < 1.29 is 31.1 Å². The summed E-state index contributed by atoms with van der Waals surface area (Å²) in [5, 5.41) is 0. The van der Waals surface area contributed by atoms with E-state index in [-0.39, 0.29) is 5.78 Å². The monoisotopic (exact) mass is 410 g/mol. The van der Waals surface area contributed by atoms with Gasteiger partial charge >= 0.3 is 12.4 Å². The van der Waals surface area contributed by atoms with Gasteiger partial charge in [-0.2, -0.15) is 26.3 Å². The molecule has 0 unspecified atom stereocenters. The molecule has 0 heterocycles. The topological polar surface area (TPSA) is 17.1 Å². The van der Waals surface area contributed by atoms with Gasteiger partial charge in [0.05, 0.1) is 11.1 Å². The molecule has 0 saturated heterocycles. The SMILES string of the molecule is O=C1/C(=C\c2ccc(C(F)(F)F)cc2)CCC/C1=C\c1ccc(C(F)(F)F)cc1. The van der Waals surface area contributed by atoms with Gasteiger partial charge in [0.2, 0.25) is 0 Å². The van der Waals surface area contributed by atoms with Gasteiger partial charge in [-0.05, 0) is 66.8 Å². The summed E-state index contributed by atoms with van der Waals surface area (Å²) in [4.78, 5) is 12.7. The number of carbonyl (C=O) groups is 1. The summed E-state index contributed by atoms with van der Waals surface area (Å²) < 4.78 is 75.9. The molecular weight excluding hydrogens is 394 g/mol. The number of hydrogen-bond acceptors (Lipinski definition) is 1. The Bertz CT molecular complexity index is 867. The van der Waals surface area contributed by atoms with E-state index in [2.05, 4.69) is 0 Å². The second kappa shape index (κ2) is 7.89. The van der Waals surface area contributed by atoms with Crippen LogP contribution in [0.1, 0.15) is 41.5 Å². The fraction of sp³-hybridized carbons (Fsp3) is 0.227. The van der Waals surface area contributed by atoms with Crippen molar-refractivity contribution in [2.45, 2.75) is 31.6 Å². The zero-order valence-corrected chi connectivity index (χ0v) is 15.1. The highest BCUT2D eigenvalue weighted by Crippen LogP contribution is 2.32. The summed E-state index contributed by atoms with van der Waals surface area (Å²) in [6, 6.07) is 9.04. The lowest BCUT2D eigenvalue weighted by atomic mass is 9.86. The van der Waals surface area contributed by atoms with Crippen LogP contribution in [0.15, 0.2) is 59.7 Å². The van der Waals surface area contributed by atoms with E-state index < -0.39 is 23.5 Å². The normalized spacial score (nSPS) is 18.5. The van der Waals surface area contributed by atoms with Crippen molar-refractivity contribution in [2.24, 2.45) is 0 Å². The summed E-state index contributed by atoms with van der Waals surface area (Å²) in [7, 11) is 0. The Labute approximate surface area is 163 Å². The van der Waals surface area contributed by atoms with Crippen molar-refractivity contribution in [3.63, 3.8) is 0 Å². The number of ketones is 1. The predicted octanol–water partition coefficient (Wildman–Crippen LogP) is 6.94. The Morgan fingerprint density at radius 2 is 0.966 bits per heavy atom. The van der Waals surface area contributed by atoms with Crippen LogP contribution in [-0.4, -0.2) is 5.78 Å². The van der Waals surface area contributed by atoms with E-state index in [1.807, 2.05) is 0 Å². The van der Waals surface area contributed by atoms with E-state index in [1.165, 1.54) is 24.3 Å². The maximum absolute atomic E-state index is 12.7. The number of rotatable bonds is 2. The third-order valence-corrected chi connectivity index (χ3v) is 4.63. The molecule has 0 amide bonds. The molecule has 0 aromatic heterocycles. The summed E-state index contributed by atoms with van der Waals surface area (Å²) in [6.45, 7) is 0. The zero-order chi connectivity index (χ0) is 21.2. The third kappa shape index (κ3) is 5.16. The van der Waals surface area contributed by atoms with Crippen LogP contribution < -0.4 is 0 Å². The summed E-state index contributed by atoms with van der Waals surface area (Å²) in [5.41, 5.74) is 0.368. The highest BCUT2D eigenvalue weighted by atomic mass is 19.4. The largest absolute Gasteiger partial charge is 0.416 e. The summed E-state index contributed by atoms with van der Waals surface area (Å²) in [6.07, 6.45) is -4.09. The van der Waals surface area contributed by atoms with Crippen molar-refractivity contribution in [1.82, 2.24) is 0 Å². The number of Topliss-reactive ketones (excluding diaryl/α,β-unsaturated/α-hetero) is 1. The van der Waals surface area contributed by atoms with Crippen LogP contribution in [0, 0.1) is 0 Å². The van der Waals surface area contributed by atoms with E-state index >= 15 is 0 Å². The van der Waals surface area contributed by atoms with Crippen molar-refractivity contribution >= 4 is 17.9 Å². The van der Waals surface area contributed by atoms with Gasteiger partial charge in [0.25, 0.3) is 0 Å². The second-order valence-corrected chi connectivity index (χ2v) is 6.76. The lowest BCUT2D eigenvalue weighted by molar-refractivity contribution is -0.138. The molecule has 1 fully saturated rings. The zero-order valence-electron chi connectivity index (χ0n) is 15.1. The van der Waals surface area contributed by atoms with Gasteiger partial charge in [0.1, 0.15) is 0 Å². The smallest absolute Gasteiger partial charge is 0.289 e. The first-order valence-corrected chi connectivity index (χ1v) is 8.84. The molecule has 0 atom stereocenters. The highest BCUT2D eigenvalue weighted by Gasteiger charge is 2.30. The van der Waals surface area contributed by atoms with Crippen molar-refractivity contribution in [3.8, 4) is 0 Å². The maximum atomic E-state index is 12.7. The molecule has 0 spiro atoms. The minimum absolute atomic E-state index is 0.240. The second-order valence-electron chi connectivity index (χ2n) is 6.76. The van der Waals surface area contributed by atoms with E-state index in [0.717, 1.165) is 24.3 Å². The van der Waals surface area contributed by atoms with Gasteiger partial charge in [-0.3, -0.25) is 4.79 Å². The van der Waals surface area contributed by atoms with Crippen molar-refractivity contribution in [3.05, 3.63) is 81.9 Å². The molecule has 0 radical (unpaired) electrons. The van der Waals surface area contributed by atoms with Crippen molar-refractivity contribution in [2.75, 3.05) is 0 Å². The van der Waals surface area contributed by atoms with E-state index in [9.17, 15) is 31.1 Å². The van der Waals surface area contributed by atoms with Gasteiger partial charge in [0.15, 0.2) is 5.78 Å². The van der Waals surface area contributed by atoms with Gasteiger partial charge in [0, 0.05) is 11.1 Å². The van der Waals surface area contributed by atoms with Crippen LogP contribution >= 0.6 is 0 Å². The van der Waals surface area contributed by atoms with E-state index in [1.54, 1.807) is 12.2 Å². The standard InChI is InChI=1S/C22H16F6O/c23-21(24,25)18-8-4-14(5-9-18)12-16-2-1-3-17(20(16)29)13-15-6-10-19(11-7-15)22(26,27)28/h4-13H,1-3H2/b16-12-,17-13+. The lowest BCUT2D eigenvalue weighted by Gasteiger charge is -2.17. The van der Waals surface area contributed by atoms with Crippen LogP contribution in [-0.2, 0) is 17.1 Å². The molecule has 1 saturated carbocycles. The molecular formula is C22H16F6O. The van der Waals surface area contributed by atoms with E-state index in [4.69, 9.17) is 0 Å². The van der Waals surface area contributed by atoms with Crippen LogP contribution in [0.4, 0.5) is 26.3 Å². The first-order chi connectivity index (χ1) is 13.5. The van der Waals surface area contributed by atoms with Crippen molar-refractivity contribution in [1.29, 1.82) is 0 Å². The number of alkyl halides is 6. The van der Waals surface area contributed by atoms with Gasteiger partial charge < -0.3 is 0 Å². The fourth-order valence-electron chi connectivity index (χ4n) is 3.12. The lowest BCUT2D eigenvalue weighted by Crippen LogP contribution is -2.12. The van der Waals surface area contributed by atoms with Gasteiger partial charge in [-0.1, -0.05) is 24.3 Å². The van der Waals surface area contributed by atoms with Crippen LogP contribution in [0.25, 0.3) is 12.2 Å². The molecule has 2 aromatic carbocycles. The minimum Gasteiger partial charge on any atom is -0.289 e. The number of hydrogen-bond donors (Lipinski definition) is 0. The molecule has 7 heteroatoms. The Kier molecular flexibility index (Phi) is 5.68. The molecule has 1 aliphatic rings. The van der Waals surface area contributed by atoms with Crippen LogP contribution in [0.3, 0.4) is 0 Å². The first-order valence-electron chi connectivity index (χ1n) is 8.84. The third-order valence-electron chi connectivity index (χ3n) is 4.63. The average Bonchev–Trinajstić information content (AvgIpc) is 2.64. The van der Waals surface area contributed by atoms with Crippen LogP contribution in [0.2, 0.25) is 0 Å². The predicted molar refractivity (Wildman–Crippen MR) is 97.7 cm³/mol. The quantitative estimate of drug-likeness (QED) is 0.387. The fourth-order valence-corrected chi connectivity index (χ4v) is 3.12. The average molecular weight is 410 g/mol. The Morgan fingerprint density at radius 1 is 0.621 bits per heavy atom. The van der Waals surface area contributed by atoms with Crippen LogP contribution in [0.5, 0.6) is 0 Å². The summed E-state index contributed by atoms with van der Waals surface area (Å²) in [5.74, 6) is -0.240. The first kappa shape index (κ1) is 20.9. The Balaban J connectivity index is 1.81. The Morgan fingerprint density at radius 3 is 1.28 bits per heavy atom. The van der Waals surface area contributed by atoms with Gasteiger partial charge in [-0.15, -0.1) is 0 Å². The molecule has 29 heavy (non-hydrogen) atoms. The molecule has 1 aliphatic carbocycles. The molecule has 0 aliphatic heterocycles. The maximum Gasteiger partial charge on any atom is 0.416 e. The molecule has 2 aromatic rings. The summed E-state index contributed by atoms with van der Waals surface area (Å²) >= 11 is 0. The molecule has 0 N–H and O–H groups in total. The Hall–Kier alpha value is -2.83. The van der Waals surface area contributed by atoms with E-state index in [0.29, 0.717) is 41.5 Å². The van der Waals surface area contributed by atoms with Gasteiger partial charge in [-0.25, -0.2) is 0 Å². The molecule has 3 rings (SSSR count). The number of carbonyl (C=O) groups excluding carboxylic acids is 1. The number of benzene rings is 2. The molecule has 152 valence electrons. The minimum atomic E-state index is -4.43. The number of halogens is 6. The molecule has 1 nitrogen and oxygen atoms in total. The molecule has 0 bridgehead atoms.